The number of rotatable bonds is 2. The number of aromatic nitrogens is 1. The van der Waals surface area contributed by atoms with E-state index in [2.05, 4.69) is 4.98 Å². The van der Waals surface area contributed by atoms with Crippen LogP contribution in [0.4, 0.5) is 0 Å². The summed E-state index contributed by atoms with van der Waals surface area (Å²) >= 11 is 0. The van der Waals surface area contributed by atoms with Crippen molar-refractivity contribution in [2.24, 2.45) is 0 Å². The molecule has 1 unspecified atom stereocenters. The van der Waals surface area contributed by atoms with Gasteiger partial charge in [0.05, 0.1) is 6.61 Å². The highest BCUT2D eigenvalue weighted by Crippen LogP contribution is 2.25. The van der Waals surface area contributed by atoms with Crippen LogP contribution < -0.4 is 0 Å². The van der Waals surface area contributed by atoms with Crippen LogP contribution in [0.25, 0.3) is 0 Å². The Morgan fingerprint density at radius 1 is 1.47 bits per heavy atom. The fourth-order valence-electron chi connectivity index (χ4n) is 1.57. The molecule has 0 bridgehead atoms. The summed E-state index contributed by atoms with van der Waals surface area (Å²) in [6, 6.07) is 3.77. The average molecular weight is 205 g/mol. The Morgan fingerprint density at radius 2 is 2.33 bits per heavy atom. The van der Waals surface area contributed by atoms with Gasteiger partial charge >= 0.3 is 0 Å². The molecule has 0 spiro atoms. The molecule has 15 heavy (non-hydrogen) atoms. The Morgan fingerprint density at radius 3 is 2.93 bits per heavy atom. The summed E-state index contributed by atoms with van der Waals surface area (Å²) in [5.41, 5.74) is 1.73. The lowest BCUT2D eigenvalue weighted by atomic mass is 10.1. The number of pyridine rings is 1. The summed E-state index contributed by atoms with van der Waals surface area (Å²) < 4.78 is 5.41. The number of aliphatic hydroxyl groups excluding tert-OH is 1. The van der Waals surface area contributed by atoms with Crippen molar-refractivity contribution < 1.29 is 9.84 Å². The third kappa shape index (κ3) is 2.36. The zero-order valence-electron chi connectivity index (χ0n) is 8.81. The minimum atomic E-state index is -0.668. The van der Waals surface area contributed by atoms with Crippen LogP contribution in [0.1, 0.15) is 30.2 Å². The summed E-state index contributed by atoms with van der Waals surface area (Å²) in [6.07, 6.45) is 4.99. The molecule has 1 aromatic heterocycles. The van der Waals surface area contributed by atoms with Gasteiger partial charge in [-0.3, -0.25) is 4.98 Å². The molecule has 80 valence electrons. The molecular weight excluding hydrogens is 190 g/mol. The molecule has 0 fully saturated rings. The minimum absolute atomic E-state index is 0.659. The molecule has 0 saturated heterocycles. The molecule has 1 N–H and O–H groups in total. The number of aliphatic hydroxyl groups is 1. The number of aryl methyl sites for hydroxylation is 1. The van der Waals surface area contributed by atoms with Gasteiger partial charge < -0.3 is 9.84 Å². The van der Waals surface area contributed by atoms with E-state index in [4.69, 9.17) is 4.74 Å². The van der Waals surface area contributed by atoms with E-state index in [9.17, 15) is 5.11 Å². The summed E-state index contributed by atoms with van der Waals surface area (Å²) in [4.78, 5) is 4.15. The lowest BCUT2D eigenvalue weighted by molar-refractivity contribution is 0.0916. The number of nitrogens with zero attached hydrogens (tertiary/aromatic N) is 1. The molecule has 1 aromatic rings. The van der Waals surface area contributed by atoms with E-state index in [1.54, 1.807) is 6.20 Å². The van der Waals surface area contributed by atoms with Crippen molar-refractivity contribution in [2.75, 3.05) is 6.61 Å². The summed E-state index contributed by atoms with van der Waals surface area (Å²) in [7, 11) is 0. The molecule has 1 atom stereocenters. The lowest BCUT2D eigenvalue weighted by Gasteiger charge is -2.19. The van der Waals surface area contributed by atoms with Crippen molar-refractivity contribution in [3.05, 3.63) is 41.4 Å². The van der Waals surface area contributed by atoms with Gasteiger partial charge in [0.15, 0.2) is 0 Å². The Labute approximate surface area is 89.4 Å². The normalized spacial score (nSPS) is 17.9. The third-order valence-corrected chi connectivity index (χ3v) is 2.48. The van der Waals surface area contributed by atoms with Gasteiger partial charge in [-0.2, -0.15) is 0 Å². The van der Waals surface area contributed by atoms with E-state index in [1.807, 2.05) is 25.1 Å². The topological polar surface area (TPSA) is 42.4 Å². The molecular formula is C12H15NO2. The van der Waals surface area contributed by atoms with E-state index in [0.29, 0.717) is 12.4 Å². The first-order valence-corrected chi connectivity index (χ1v) is 5.21. The first-order valence-electron chi connectivity index (χ1n) is 5.21. The van der Waals surface area contributed by atoms with Crippen molar-refractivity contribution >= 4 is 0 Å². The van der Waals surface area contributed by atoms with Crippen LogP contribution in [0.2, 0.25) is 0 Å². The quantitative estimate of drug-likeness (QED) is 0.804. The standard InChI is InChI=1S/C12H15NO2/c1-9-5-6-10(8-13-9)12(14)11-4-2-3-7-15-11/h4-6,8,12,14H,2-3,7H2,1H3. The third-order valence-electron chi connectivity index (χ3n) is 2.48. The SMILES string of the molecule is Cc1ccc(C(O)C2=CCCCO2)cn1. The van der Waals surface area contributed by atoms with Crippen LogP contribution in [0.5, 0.6) is 0 Å². The predicted octanol–water partition coefficient (Wildman–Crippen LogP) is 2.12. The fourth-order valence-corrected chi connectivity index (χ4v) is 1.57. The molecule has 2 heterocycles. The molecule has 0 aromatic carbocycles. The maximum Gasteiger partial charge on any atom is 0.137 e. The monoisotopic (exact) mass is 205 g/mol. The smallest absolute Gasteiger partial charge is 0.137 e. The maximum atomic E-state index is 10.0. The van der Waals surface area contributed by atoms with Crippen LogP contribution in [0.3, 0.4) is 0 Å². The van der Waals surface area contributed by atoms with Crippen molar-refractivity contribution in [1.82, 2.24) is 4.98 Å². The van der Waals surface area contributed by atoms with Crippen LogP contribution in [0, 0.1) is 6.92 Å². The van der Waals surface area contributed by atoms with Gasteiger partial charge in [0.1, 0.15) is 11.9 Å². The van der Waals surface area contributed by atoms with Gasteiger partial charge in [-0.25, -0.2) is 0 Å². The molecule has 0 saturated carbocycles. The van der Waals surface area contributed by atoms with Gasteiger partial charge in [-0.15, -0.1) is 0 Å². The van der Waals surface area contributed by atoms with E-state index in [1.165, 1.54) is 0 Å². The maximum absolute atomic E-state index is 10.0. The Bertz CT molecular complexity index is 356. The van der Waals surface area contributed by atoms with E-state index >= 15 is 0 Å². The largest absolute Gasteiger partial charge is 0.495 e. The minimum Gasteiger partial charge on any atom is -0.495 e. The number of ether oxygens (including phenoxy) is 1. The van der Waals surface area contributed by atoms with E-state index < -0.39 is 6.10 Å². The van der Waals surface area contributed by atoms with Crippen LogP contribution in [-0.2, 0) is 4.74 Å². The van der Waals surface area contributed by atoms with Gasteiger partial charge in [0, 0.05) is 17.5 Å². The van der Waals surface area contributed by atoms with Crippen molar-refractivity contribution in [1.29, 1.82) is 0 Å². The number of hydrogen-bond donors (Lipinski definition) is 1. The Kier molecular flexibility index (Phi) is 3.02. The van der Waals surface area contributed by atoms with E-state index in [0.717, 1.165) is 24.1 Å². The first-order chi connectivity index (χ1) is 7.27. The van der Waals surface area contributed by atoms with Crippen LogP contribution >= 0.6 is 0 Å². The van der Waals surface area contributed by atoms with Gasteiger partial charge in [0.2, 0.25) is 0 Å². The fraction of sp³-hybridized carbons (Fsp3) is 0.417. The average Bonchev–Trinajstić information content (AvgIpc) is 2.30. The Balaban J connectivity index is 2.16. The second-order valence-electron chi connectivity index (χ2n) is 3.73. The molecule has 1 aliphatic rings. The molecule has 2 rings (SSSR count). The number of hydrogen-bond acceptors (Lipinski definition) is 3. The molecule has 0 amide bonds. The van der Waals surface area contributed by atoms with Crippen molar-refractivity contribution in [2.45, 2.75) is 25.9 Å². The lowest BCUT2D eigenvalue weighted by Crippen LogP contribution is -2.10. The van der Waals surface area contributed by atoms with Crippen molar-refractivity contribution in [3.63, 3.8) is 0 Å². The summed E-state index contributed by atoms with van der Waals surface area (Å²) in [5, 5.41) is 10.0. The van der Waals surface area contributed by atoms with Crippen LogP contribution in [-0.4, -0.2) is 16.7 Å². The summed E-state index contributed by atoms with van der Waals surface area (Å²) in [5.74, 6) is 0.659. The highest BCUT2D eigenvalue weighted by atomic mass is 16.5. The second kappa shape index (κ2) is 4.45. The molecule has 0 aliphatic carbocycles. The van der Waals surface area contributed by atoms with Crippen LogP contribution in [0.15, 0.2) is 30.2 Å². The highest BCUT2D eigenvalue weighted by molar-refractivity contribution is 5.22. The molecule has 3 nitrogen and oxygen atoms in total. The first kappa shape index (κ1) is 10.2. The highest BCUT2D eigenvalue weighted by Gasteiger charge is 2.16. The van der Waals surface area contributed by atoms with E-state index in [-0.39, 0.29) is 0 Å². The Hall–Kier alpha value is -1.35. The molecule has 1 aliphatic heterocycles. The molecule has 3 heteroatoms. The zero-order valence-corrected chi connectivity index (χ0v) is 8.81. The van der Waals surface area contributed by atoms with Gasteiger partial charge in [-0.1, -0.05) is 6.07 Å². The number of allylic oxidation sites excluding steroid dienone is 1. The molecule has 0 radical (unpaired) electrons. The zero-order chi connectivity index (χ0) is 10.7. The summed E-state index contributed by atoms with van der Waals surface area (Å²) in [6.45, 7) is 2.62. The van der Waals surface area contributed by atoms with Gasteiger partial charge in [0.25, 0.3) is 0 Å². The second-order valence-corrected chi connectivity index (χ2v) is 3.73. The van der Waals surface area contributed by atoms with Crippen molar-refractivity contribution in [3.8, 4) is 0 Å². The predicted molar refractivity (Wildman–Crippen MR) is 57.2 cm³/mol. The van der Waals surface area contributed by atoms with Gasteiger partial charge in [-0.05, 0) is 31.9 Å².